The van der Waals surface area contributed by atoms with Crippen molar-refractivity contribution in [2.75, 3.05) is 11.9 Å². The van der Waals surface area contributed by atoms with Gasteiger partial charge in [0.25, 0.3) is 5.91 Å². The second-order valence-corrected chi connectivity index (χ2v) is 5.42. The van der Waals surface area contributed by atoms with Crippen molar-refractivity contribution in [1.29, 1.82) is 0 Å². The quantitative estimate of drug-likeness (QED) is 0.874. The van der Waals surface area contributed by atoms with Gasteiger partial charge >= 0.3 is 6.18 Å². The summed E-state index contributed by atoms with van der Waals surface area (Å²) in [6.07, 6.45) is -2.56. The van der Waals surface area contributed by atoms with Crippen LogP contribution < -0.4 is 10.6 Å². The number of rotatable bonds is 5. The molecular formula is C13H15ClF3N3O. The van der Waals surface area contributed by atoms with Crippen LogP contribution in [0.5, 0.6) is 0 Å². The highest BCUT2D eigenvalue weighted by Crippen LogP contribution is 2.49. The van der Waals surface area contributed by atoms with Crippen LogP contribution in [0.25, 0.3) is 0 Å². The van der Waals surface area contributed by atoms with E-state index in [1.54, 1.807) is 0 Å². The molecule has 1 aliphatic rings. The first-order chi connectivity index (χ1) is 9.79. The monoisotopic (exact) mass is 321 g/mol. The van der Waals surface area contributed by atoms with Crippen LogP contribution in [0.3, 0.4) is 0 Å². The number of anilines is 1. The van der Waals surface area contributed by atoms with Gasteiger partial charge in [-0.3, -0.25) is 4.79 Å². The summed E-state index contributed by atoms with van der Waals surface area (Å²) in [5.41, 5.74) is -2.12. The van der Waals surface area contributed by atoms with E-state index in [9.17, 15) is 18.0 Å². The number of aromatic nitrogens is 1. The van der Waals surface area contributed by atoms with Crippen molar-refractivity contribution in [2.45, 2.75) is 37.9 Å². The second kappa shape index (κ2) is 5.71. The molecule has 0 spiro atoms. The molecule has 1 aromatic rings. The third-order valence-electron chi connectivity index (χ3n) is 3.30. The lowest BCUT2D eigenvalue weighted by Gasteiger charge is -2.21. The third kappa shape index (κ3) is 3.40. The van der Waals surface area contributed by atoms with Crippen molar-refractivity contribution in [1.82, 2.24) is 10.3 Å². The average molecular weight is 322 g/mol. The van der Waals surface area contributed by atoms with Crippen LogP contribution in [-0.2, 0) is 0 Å². The van der Waals surface area contributed by atoms with E-state index in [4.69, 9.17) is 11.6 Å². The van der Waals surface area contributed by atoms with E-state index >= 15 is 0 Å². The minimum absolute atomic E-state index is 0.0132. The van der Waals surface area contributed by atoms with E-state index in [-0.39, 0.29) is 23.4 Å². The maximum absolute atomic E-state index is 12.8. The van der Waals surface area contributed by atoms with Gasteiger partial charge in [0, 0.05) is 12.7 Å². The molecule has 4 nitrogen and oxygen atoms in total. The van der Waals surface area contributed by atoms with Crippen molar-refractivity contribution >= 4 is 23.3 Å². The van der Waals surface area contributed by atoms with Gasteiger partial charge in [-0.15, -0.1) is 0 Å². The number of carbonyl (C=O) groups is 1. The largest absolute Gasteiger partial charge is 0.411 e. The molecule has 1 aliphatic carbocycles. The molecule has 0 unspecified atom stereocenters. The van der Waals surface area contributed by atoms with Crippen molar-refractivity contribution in [3.63, 3.8) is 0 Å². The molecule has 116 valence electrons. The normalized spacial score (nSPS) is 16.4. The zero-order chi connectivity index (χ0) is 15.7. The van der Waals surface area contributed by atoms with Crippen LogP contribution in [0, 0.1) is 0 Å². The molecule has 0 saturated heterocycles. The molecule has 1 fully saturated rings. The lowest BCUT2D eigenvalue weighted by molar-refractivity contribution is -0.163. The molecule has 0 aliphatic heterocycles. The number of hydrogen-bond acceptors (Lipinski definition) is 3. The Hall–Kier alpha value is -1.50. The summed E-state index contributed by atoms with van der Waals surface area (Å²) in [7, 11) is 0. The fraction of sp³-hybridized carbons (Fsp3) is 0.538. The molecule has 1 amide bonds. The van der Waals surface area contributed by atoms with Gasteiger partial charge in [0.2, 0.25) is 0 Å². The number of pyridine rings is 1. The Labute approximate surface area is 125 Å². The molecule has 1 saturated carbocycles. The van der Waals surface area contributed by atoms with E-state index in [2.05, 4.69) is 10.3 Å². The van der Waals surface area contributed by atoms with Crippen LogP contribution >= 0.6 is 11.6 Å². The number of hydrogen-bond donors (Lipinski definition) is 2. The van der Waals surface area contributed by atoms with Gasteiger partial charge in [0.1, 0.15) is 11.4 Å². The first-order valence-electron chi connectivity index (χ1n) is 6.58. The fourth-order valence-corrected chi connectivity index (χ4v) is 2.04. The summed E-state index contributed by atoms with van der Waals surface area (Å²) in [4.78, 5) is 16.0. The molecule has 2 N–H and O–H groups in total. The molecule has 21 heavy (non-hydrogen) atoms. The maximum Gasteiger partial charge on any atom is 0.411 e. The molecule has 0 bridgehead atoms. The van der Waals surface area contributed by atoms with Crippen LogP contribution in [0.4, 0.5) is 19.0 Å². The minimum Gasteiger partial charge on any atom is -0.370 e. The van der Waals surface area contributed by atoms with E-state index in [1.165, 1.54) is 12.3 Å². The van der Waals surface area contributed by atoms with Gasteiger partial charge in [0.05, 0.1) is 10.6 Å². The van der Waals surface area contributed by atoms with E-state index < -0.39 is 17.6 Å². The van der Waals surface area contributed by atoms with Crippen LogP contribution in [-0.4, -0.2) is 29.2 Å². The van der Waals surface area contributed by atoms with Crippen LogP contribution in [0.15, 0.2) is 12.3 Å². The maximum atomic E-state index is 12.8. The smallest absolute Gasteiger partial charge is 0.370 e. The highest BCUT2D eigenvalue weighted by atomic mass is 35.5. The topological polar surface area (TPSA) is 54.0 Å². The van der Waals surface area contributed by atoms with Gasteiger partial charge in [-0.2, -0.15) is 13.2 Å². The highest BCUT2D eigenvalue weighted by Gasteiger charge is 2.64. The Kier molecular flexibility index (Phi) is 4.32. The lowest BCUT2D eigenvalue weighted by Crippen LogP contribution is -2.47. The van der Waals surface area contributed by atoms with E-state index in [1.807, 2.05) is 12.2 Å². The summed E-state index contributed by atoms with van der Waals surface area (Å²) in [5.74, 6) is -0.431. The predicted molar refractivity (Wildman–Crippen MR) is 73.5 cm³/mol. The third-order valence-corrected chi connectivity index (χ3v) is 3.60. The zero-order valence-corrected chi connectivity index (χ0v) is 12.1. The van der Waals surface area contributed by atoms with E-state index in [0.717, 1.165) is 6.42 Å². The fourth-order valence-electron chi connectivity index (χ4n) is 1.85. The molecule has 2 rings (SSSR count). The number of nitrogens with one attached hydrogen (secondary N) is 2. The van der Waals surface area contributed by atoms with Crippen molar-refractivity contribution in [3.8, 4) is 0 Å². The number of halogens is 4. The molecule has 0 radical (unpaired) electrons. The highest BCUT2D eigenvalue weighted by molar-refractivity contribution is 6.33. The van der Waals surface area contributed by atoms with Crippen molar-refractivity contribution < 1.29 is 18.0 Å². The Balaban J connectivity index is 2.15. The first kappa shape index (κ1) is 15.9. The van der Waals surface area contributed by atoms with Gasteiger partial charge in [-0.05, 0) is 25.3 Å². The minimum atomic E-state index is -4.45. The summed E-state index contributed by atoms with van der Waals surface area (Å²) in [6.45, 7) is 2.60. The average Bonchev–Trinajstić information content (AvgIpc) is 3.18. The molecule has 1 aromatic heterocycles. The lowest BCUT2D eigenvalue weighted by atomic mass is 10.2. The standard InChI is InChI=1S/C13H15ClF3N3O/c1-2-5-18-10-6-8(9(14)7-19-10)11(21)20-12(3-4-12)13(15,16)17/h6-7H,2-5H2,1H3,(H,18,19)(H,20,21). The Morgan fingerprint density at radius 2 is 2.14 bits per heavy atom. The van der Waals surface area contributed by atoms with Gasteiger partial charge < -0.3 is 10.6 Å². The first-order valence-corrected chi connectivity index (χ1v) is 6.95. The molecule has 0 aromatic carbocycles. The summed E-state index contributed by atoms with van der Waals surface area (Å²) < 4.78 is 38.5. The summed E-state index contributed by atoms with van der Waals surface area (Å²) in [5, 5.41) is 5.02. The van der Waals surface area contributed by atoms with Gasteiger partial charge in [-0.1, -0.05) is 18.5 Å². The number of carbonyl (C=O) groups excluding carboxylic acids is 1. The summed E-state index contributed by atoms with van der Waals surface area (Å²) >= 11 is 5.86. The number of alkyl halides is 3. The summed E-state index contributed by atoms with van der Waals surface area (Å²) in [6, 6.07) is 1.36. The Morgan fingerprint density at radius 1 is 1.48 bits per heavy atom. The van der Waals surface area contributed by atoms with Crippen molar-refractivity contribution in [2.24, 2.45) is 0 Å². The number of amides is 1. The Bertz CT molecular complexity index is 544. The second-order valence-electron chi connectivity index (χ2n) is 5.01. The molecule has 0 atom stereocenters. The molecule has 1 heterocycles. The zero-order valence-electron chi connectivity index (χ0n) is 11.4. The van der Waals surface area contributed by atoms with Crippen LogP contribution in [0.2, 0.25) is 5.02 Å². The predicted octanol–water partition coefficient (Wildman–Crippen LogP) is 3.38. The number of nitrogens with zero attached hydrogens (tertiary/aromatic N) is 1. The van der Waals surface area contributed by atoms with Crippen LogP contribution in [0.1, 0.15) is 36.5 Å². The van der Waals surface area contributed by atoms with Gasteiger partial charge in [-0.25, -0.2) is 4.98 Å². The van der Waals surface area contributed by atoms with E-state index in [0.29, 0.717) is 12.4 Å². The molecular weight excluding hydrogens is 307 g/mol. The molecule has 8 heteroatoms. The van der Waals surface area contributed by atoms with Gasteiger partial charge in [0.15, 0.2) is 0 Å². The Morgan fingerprint density at radius 3 is 2.67 bits per heavy atom. The SMILES string of the molecule is CCCNc1cc(C(=O)NC2(C(F)(F)F)CC2)c(Cl)cn1. The van der Waals surface area contributed by atoms with Crippen molar-refractivity contribution in [3.05, 3.63) is 22.8 Å².